The summed E-state index contributed by atoms with van der Waals surface area (Å²) in [7, 11) is 4.24. The van der Waals surface area contributed by atoms with Gasteiger partial charge in [0.2, 0.25) is 0 Å². The van der Waals surface area contributed by atoms with Crippen LogP contribution in [-0.4, -0.2) is 45.2 Å². The lowest BCUT2D eigenvalue weighted by Crippen LogP contribution is -2.32. The molecule has 0 radical (unpaired) electrons. The molecule has 1 rings (SSSR count). The van der Waals surface area contributed by atoms with Crippen LogP contribution in [0.25, 0.3) is 0 Å². The highest BCUT2D eigenvalue weighted by Gasteiger charge is 2.05. The number of nitrogens with zero attached hydrogens (tertiary/aromatic N) is 2. The van der Waals surface area contributed by atoms with Crippen LogP contribution in [0.5, 0.6) is 0 Å². The molecule has 0 amide bonds. The molecule has 0 bridgehead atoms. The minimum atomic E-state index is 0.721. The molecule has 0 heterocycles. The molecule has 0 atom stereocenters. The van der Waals surface area contributed by atoms with Gasteiger partial charge in [0.1, 0.15) is 0 Å². The Labute approximate surface area is 112 Å². The maximum atomic E-state index is 5.57. The molecule has 0 aliphatic heterocycles. The van der Waals surface area contributed by atoms with Gasteiger partial charge in [-0.3, -0.25) is 0 Å². The lowest BCUT2D eigenvalue weighted by Gasteiger charge is -2.26. The zero-order chi connectivity index (χ0) is 13.4. The van der Waals surface area contributed by atoms with E-state index in [9.17, 15) is 0 Å². The Morgan fingerprint density at radius 1 is 1.00 bits per heavy atom. The summed E-state index contributed by atoms with van der Waals surface area (Å²) < 4.78 is 0. The van der Waals surface area contributed by atoms with Gasteiger partial charge in [-0.2, -0.15) is 0 Å². The molecule has 102 valence electrons. The number of likely N-dealkylation sites (N-methyl/N-ethyl adjacent to an activating group) is 1. The van der Waals surface area contributed by atoms with Gasteiger partial charge >= 0.3 is 0 Å². The van der Waals surface area contributed by atoms with Crippen LogP contribution < -0.4 is 10.6 Å². The van der Waals surface area contributed by atoms with E-state index in [0.717, 1.165) is 32.6 Å². The normalized spacial score (nSPS) is 10.9. The average molecular weight is 249 g/mol. The predicted octanol–water partition coefficient (Wildman–Crippen LogP) is 1.97. The van der Waals surface area contributed by atoms with Crippen LogP contribution in [0.3, 0.4) is 0 Å². The molecular formula is C15H27N3. The van der Waals surface area contributed by atoms with Crippen molar-refractivity contribution < 1.29 is 0 Å². The monoisotopic (exact) mass is 249 g/mol. The Morgan fingerprint density at radius 2 is 1.67 bits per heavy atom. The molecule has 18 heavy (non-hydrogen) atoms. The van der Waals surface area contributed by atoms with E-state index in [0.29, 0.717) is 0 Å². The van der Waals surface area contributed by atoms with Crippen molar-refractivity contribution in [2.45, 2.75) is 19.8 Å². The molecule has 3 heteroatoms. The molecule has 3 nitrogen and oxygen atoms in total. The van der Waals surface area contributed by atoms with Crippen LogP contribution in [0.15, 0.2) is 24.3 Å². The van der Waals surface area contributed by atoms with Crippen molar-refractivity contribution in [3.8, 4) is 0 Å². The van der Waals surface area contributed by atoms with E-state index >= 15 is 0 Å². The Bertz CT molecular complexity index is 319. The molecule has 0 unspecified atom stereocenters. The molecule has 0 fully saturated rings. The van der Waals surface area contributed by atoms with E-state index in [1.807, 2.05) is 0 Å². The summed E-state index contributed by atoms with van der Waals surface area (Å²) in [6, 6.07) is 8.83. The lowest BCUT2D eigenvalue weighted by atomic mass is 10.1. The van der Waals surface area contributed by atoms with E-state index in [4.69, 9.17) is 5.73 Å². The zero-order valence-corrected chi connectivity index (χ0v) is 12.0. The van der Waals surface area contributed by atoms with E-state index in [1.165, 1.54) is 17.7 Å². The minimum Gasteiger partial charge on any atom is -0.370 e. The van der Waals surface area contributed by atoms with Crippen LogP contribution in [0.2, 0.25) is 0 Å². The Hall–Kier alpha value is -1.06. The Balaban J connectivity index is 2.65. The van der Waals surface area contributed by atoms with Crippen molar-refractivity contribution in [1.82, 2.24) is 4.90 Å². The fraction of sp³-hybridized carbons (Fsp3) is 0.600. The van der Waals surface area contributed by atoms with Crippen LogP contribution in [0, 0.1) is 0 Å². The molecule has 1 aromatic carbocycles. The summed E-state index contributed by atoms with van der Waals surface area (Å²) in [6.07, 6.45) is 2.14. The summed E-state index contributed by atoms with van der Waals surface area (Å²) in [5.41, 5.74) is 8.21. The Morgan fingerprint density at radius 3 is 2.17 bits per heavy atom. The average Bonchev–Trinajstić information content (AvgIpc) is 2.36. The van der Waals surface area contributed by atoms with Gasteiger partial charge in [0.25, 0.3) is 0 Å². The number of hydrogen-bond donors (Lipinski definition) is 1. The van der Waals surface area contributed by atoms with Crippen LogP contribution in [0.1, 0.15) is 18.9 Å². The Kier molecular flexibility index (Phi) is 6.76. The van der Waals surface area contributed by atoms with Crippen molar-refractivity contribution in [3.63, 3.8) is 0 Å². The number of nitrogens with two attached hydrogens (primary N) is 1. The van der Waals surface area contributed by atoms with Gasteiger partial charge < -0.3 is 15.5 Å². The fourth-order valence-electron chi connectivity index (χ4n) is 2.00. The fourth-order valence-corrected chi connectivity index (χ4v) is 2.00. The molecule has 0 saturated carbocycles. The molecule has 1 aromatic rings. The third-order valence-corrected chi connectivity index (χ3v) is 3.05. The van der Waals surface area contributed by atoms with Crippen molar-refractivity contribution in [2.75, 3.05) is 45.2 Å². The van der Waals surface area contributed by atoms with E-state index in [1.54, 1.807) is 0 Å². The maximum Gasteiger partial charge on any atom is 0.0366 e. The summed E-state index contributed by atoms with van der Waals surface area (Å²) in [5.74, 6) is 0. The van der Waals surface area contributed by atoms with Gasteiger partial charge in [-0.1, -0.05) is 19.1 Å². The SMILES string of the molecule is CCCN(CCN(C)C)c1ccc(CCN)cc1. The van der Waals surface area contributed by atoms with Crippen molar-refractivity contribution in [1.29, 1.82) is 0 Å². The van der Waals surface area contributed by atoms with E-state index in [-0.39, 0.29) is 0 Å². The highest BCUT2D eigenvalue weighted by molar-refractivity contribution is 5.47. The number of benzene rings is 1. The molecule has 0 spiro atoms. The topological polar surface area (TPSA) is 32.5 Å². The van der Waals surface area contributed by atoms with Crippen molar-refractivity contribution in [3.05, 3.63) is 29.8 Å². The molecular weight excluding hydrogens is 222 g/mol. The minimum absolute atomic E-state index is 0.721. The second kappa shape index (κ2) is 8.11. The number of rotatable bonds is 8. The first kappa shape index (κ1) is 15.0. The van der Waals surface area contributed by atoms with E-state index in [2.05, 4.69) is 55.1 Å². The van der Waals surface area contributed by atoms with Gasteiger partial charge in [-0.05, 0) is 51.2 Å². The molecule has 0 saturated heterocycles. The largest absolute Gasteiger partial charge is 0.370 e. The third kappa shape index (κ3) is 5.07. The highest BCUT2D eigenvalue weighted by Crippen LogP contribution is 2.15. The summed E-state index contributed by atoms with van der Waals surface area (Å²) in [5, 5.41) is 0. The first-order valence-electron chi connectivity index (χ1n) is 6.86. The van der Waals surface area contributed by atoms with E-state index < -0.39 is 0 Å². The van der Waals surface area contributed by atoms with Crippen LogP contribution in [0.4, 0.5) is 5.69 Å². The van der Waals surface area contributed by atoms with Crippen molar-refractivity contribution in [2.24, 2.45) is 5.73 Å². The standard InChI is InChI=1S/C15H27N3/c1-4-11-18(13-12-17(2)3)15-7-5-14(6-8-15)9-10-16/h5-8H,4,9-13,16H2,1-3H3. The van der Waals surface area contributed by atoms with Gasteiger partial charge in [-0.25, -0.2) is 0 Å². The summed E-state index contributed by atoms with van der Waals surface area (Å²) in [4.78, 5) is 4.68. The van der Waals surface area contributed by atoms with Gasteiger partial charge in [0.05, 0.1) is 0 Å². The molecule has 0 aromatic heterocycles. The first-order chi connectivity index (χ1) is 8.67. The highest BCUT2D eigenvalue weighted by atomic mass is 15.2. The lowest BCUT2D eigenvalue weighted by molar-refractivity contribution is 0.413. The third-order valence-electron chi connectivity index (χ3n) is 3.05. The first-order valence-corrected chi connectivity index (χ1v) is 6.86. The maximum absolute atomic E-state index is 5.57. The van der Waals surface area contributed by atoms with Gasteiger partial charge in [0.15, 0.2) is 0 Å². The van der Waals surface area contributed by atoms with Crippen LogP contribution in [-0.2, 0) is 6.42 Å². The van der Waals surface area contributed by atoms with Gasteiger partial charge in [-0.15, -0.1) is 0 Å². The predicted molar refractivity (Wildman–Crippen MR) is 80.3 cm³/mol. The molecule has 2 N–H and O–H groups in total. The second-order valence-corrected chi connectivity index (χ2v) is 5.00. The zero-order valence-electron chi connectivity index (χ0n) is 12.0. The molecule has 0 aliphatic rings. The smallest absolute Gasteiger partial charge is 0.0366 e. The van der Waals surface area contributed by atoms with Gasteiger partial charge in [0, 0.05) is 25.3 Å². The summed E-state index contributed by atoms with van der Waals surface area (Å²) >= 11 is 0. The second-order valence-electron chi connectivity index (χ2n) is 5.00. The quantitative estimate of drug-likeness (QED) is 0.764. The van der Waals surface area contributed by atoms with Crippen molar-refractivity contribution >= 4 is 5.69 Å². The molecule has 0 aliphatic carbocycles. The number of hydrogen-bond acceptors (Lipinski definition) is 3. The van der Waals surface area contributed by atoms with Crippen LogP contribution >= 0.6 is 0 Å². The summed E-state index contributed by atoms with van der Waals surface area (Å²) in [6.45, 7) is 6.23. The number of anilines is 1.